The summed E-state index contributed by atoms with van der Waals surface area (Å²) in [7, 11) is 1.59. The fourth-order valence-electron chi connectivity index (χ4n) is 1.90. The lowest BCUT2D eigenvalue weighted by Gasteiger charge is -2.09. The predicted molar refractivity (Wildman–Crippen MR) is 89.1 cm³/mol. The molecule has 4 nitrogen and oxygen atoms in total. The summed E-state index contributed by atoms with van der Waals surface area (Å²) < 4.78 is 35.0. The van der Waals surface area contributed by atoms with Crippen LogP contribution >= 0.6 is 11.8 Å². The number of ether oxygens (including phenoxy) is 2. The summed E-state index contributed by atoms with van der Waals surface area (Å²) in [6, 6.07) is 13.2. The molecular weight excluding hydrogens is 336 g/mol. The van der Waals surface area contributed by atoms with Gasteiger partial charge in [0.25, 0.3) is 11.7 Å². The van der Waals surface area contributed by atoms with E-state index in [0.717, 1.165) is 5.75 Å². The van der Waals surface area contributed by atoms with Gasteiger partial charge in [-0.15, -0.1) is 0 Å². The average Bonchev–Trinajstić information content (AvgIpc) is 2.59. The van der Waals surface area contributed by atoms with Crippen molar-refractivity contribution in [2.24, 2.45) is 0 Å². The number of alkyl halides is 2. The van der Waals surface area contributed by atoms with Crippen LogP contribution in [0.25, 0.3) is 0 Å². The molecule has 7 heteroatoms. The Morgan fingerprint density at radius 2 is 1.71 bits per heavy atom. The van der Waals surface area contributed by atoms with E-state index in [1.54, 1.807) is 31.4 Å². The summed E-state index contributed by atoms with van der Waals surface area (Å²) in [4.78, 5) is 12.4. The van der Waals surface area contributed by atoms with Gasteiger partial charge in [-0.05, 0) is 48.5 Å². The van der Waals surface area contributed by atoms with Gasteiger partial charge in [-0.1, -0.05) is 11.8 Å². The smallest absolute Gasteiger partial charge is 0.288 e. The highest BCUT2D eigenvalue weighted by Crippen LogP contribution is 2.25. The van der Waals surface area contributed by atoms with Crippen molar-refractivity contribution in [3.8, 4) is 11.5 Å². The minimum atomic E-state index is -2.47. The van der Waals surface area contributed by atoms with Crippen molar-refractivity contribution in [1.82, 2.24) is 5.32 Å². The van der Waals surface area contributed by atoms with Gasteiger partial charge in [0.1, 0.15) is 18.1 Å². The van der Waals surface area contributed by atoms with Gasteiger partial charge in [0.15, 0.2) is 0 Å². The number of hydrogen-bond acceptors (Lipinski definition) is 4. The normalized spacial score (nSPS) is 10.5. The summed E-state index contributed by atoms with van der Waals surface area (Å²) >= 11 is 0.447. The quantitative estimate of drug-likeness (QED) is 0.579. The van der Waals surface area contributed by atoms with E-state index in [2.05, 4.69) is 5.32 Å². The van der Waals surface area contributed by atoms with Gasteiger partial charge in [-0.3, -0.25) is 4.79 Å². The Kier molecular flexibility index (Phi) is 6.87. The maximum absolute atomic E-state index is 12.2. The predicted octanol–water partition coefficient (Wildman–Crippen LogP) is 3.82. The van der Waals surface area contributed by atoms with E-state index in [0.29, 0.717) is 41.1 Å². The molecule has 0 aliphatic carbocycles. The highest BCUT2D eigenvalue weighted by molar-refractivity contribution is 7.99. The third-order valence-corrected chi connectivity index (χ3v) is 3.78. The standard InChI is InChI=1S/C17H17F2NO3S/c1-22-13-4-6-14(7-5-13)23-11-10-20-16(21)12-2-8-15(9-3-12)24-17(18)19/h2-9,17H,10-11H2,1H3,(H,20,21). The van der Waals surface area contributed by atoms with Gasteiger partial charge in [-0.2, -0.15) is 8.78 Å². The number of rotatable bonds is 8. The number of nitrogens with one attached hydrogen (secondary N) is 1. The van der Waals surface area contributed by atoms with Gasteiger partial charge in [0.05, 0.1) is 13.7 Å². The van der Waals surface area contributed by atoms with Crippen molar-refractivity contribution < 1.29 is 23.0 Å². The van der Waals surface area contributed by atoms with E-state index < -0.39 is 5.76 Å². The van der Waals surface area contributed by atoms with Gasteiger partial charge >= 0.3 is 0 Å². The second kappa shape index (κ2) is 9.12. The molecule has 0 spiro atoms. The van der Waals surface area contributed by atoms with Crippen LogP contribution in [0.15, 0.2) is 53.4 Å². The first kappa shape index (κ1) is 18.1. The summed E-state index contributed by atoms with van der Waals surface area (Å²) in [5.41, 5.74) is 0.415. The Morgan fingerprint density at radius 1 is 1.08 bits per heavy atom. The van der Waals surface area contributed by atoms with E-state index in [1.807, 2.05) is 0 Å². The molecule has 0 heterocycles. The summed E-state index contributed by atoms with van der Waals surface area (Å²) in [5, 5.41) is 2.71. The third kappa shape index (κ3) is 5.73. The van der Waals surface area contributed by atoms with Crippen molar-refractivity contribution in [3.05, 3.63) is 54.1 Å². The molecule has 0 fully saturated rings. The zero-order valence-electron chi connectivity index (χ0n) is 13.0. The van der Waals surface area contributed by atoms with Gasteiger partial charge < -0.3 is 14.8 Å². The molecule has 128 valence electrons. The first-order valence-corrected chi connectivity index (χ1v) is 8.06. The number of thioether (sulfide) groups is 1. The molecule has 0 bridgehead atoms. The number of methoxy groups -OCH3 is 1. The van der Waals surface area contributed by atoms with Crippen LogP contribution in [0.2, 0.25) is 0 Å². The number of amides is 1. The third-order valence-electron chi connectivity index (χ3n) is 3.06. The minimum absolute atomic E-state index is 0.276. The van der Waals surface area contributed by atoms with Crippen molar-refractivity contribution >= 4 is 17.7 Å². The molecule has 0 radical (unpaired) electrons. The monoisotopic (exact) mass is 353 g/mol. The summed E-state index contributed by atoms with van der Waals surface area (Å²) in [6.45, 7) is 0.649. The van der Waals surface area contributed by atoms with E-state index in [4.69, 9.17) is 9.47 Å². The number of hydrogen-bond donors (Lipinski definition) is 1. The van der Waals surface area contributed by atoms with Crippen LogP contribution in [0.4, 0.5) is 8.78 Å². The minimum Gasteiger partial charge on any atom is -0.497 e. The van der Waals surface area contributed by atoms with E-state index >= 15 is 0 Å². The molecule has 0 saturated carbocycles. The van der Waals surface area contributed by atoms with Crippen molar-refractivity contribution in [2.75, 3.05) is 20.3 Å². The van der Waals surface area contributed by atoms with E-state index in [1.165, 1.54) is 24.3 Å². The maximum atomic E-state index is 12.2. The van der Waals surface area contributed by atoms with Crippen LogP contribution in [0, 0.1) is 0 Å². The molecule has 0 atom stereocenters. The highest BCUT2D eigenvalue weighted by atomic mass is 32.2. The van der Waals surface area contributed by atoms with Crippen LogP contribution < -0.4 is 14.8 Å². The lowest BCUT2D eigenvalue weighted by atomic mass is 10.2. The fraction of sp³-hybridized carbons (Fsp3) is 0.235. The van der Waals surface area contributed by atoms with Crippen LogP contribution in [-0.4, -0.2) is 31.9 Å². The zero-order chi connectivity index (χ0) is 17.4. The van der Waals surface area contributed by atoms with Crippen LogP contribution in [-0.2, 0) is 0 Å². The van der Waals surface area contributed by atoms with Crippen LogP contribution in [0.5, 0.6) is 11.5 Å². The zero-order valence-corrected chi connectivity index (χ0v) is 13.8. The Morgan fingerprint density at radius 3 is 2.29 bits per heavy atom. The molecule has 0 aliphatic rings. The molecular formula is C17H17F2NO3S. The molecule has 0 aromatic heterocycles. The molecule has 24 heavy (non-hydrogen) atoms. The SMILES string of the molecule is COc1ccc(OCCNC(=O)c2ccc(SC(F)F)cc2)cc1. The van der Waals surface area contributed by atoms with Crippen molar-refractivity contribution in [3.63, 3.8) is 0 Å². The Hall–Kier alpha value is -2.28. The second-order valence-electron chi connectivity index (χ2n) is 4.68. The molecule has 0 unspecified atom stereocenters. The number of halogens is 2. The van der Waals surface area contributed by atoms with Crippen molar-refractivity contribution in [1.29, 1.82) is 0 Å². The topological polar surface area (TPSA) is 47.6 Å². The molecule has 2 aromatic carbocycles. The molecule has 2 rings (SSSR count). The van der Waals surface area contributed by atoms with E-state index in [-0.39, 0.29) is 5.91 Å². The van der Waals surface area contributed by atoms with Crippen molar-refractivity contribution in [2.45, 2.75) is 10.7 Å². The highest BCUT2D eigenvalue weighted by Gasteiger charge is 2.08. The average molecular weight is 353 g/mol. The second-order valence-corrected chi connectivity index (χ2v) is 5.75. The molecule has 1 amide bonds. The van der Waals surface area contributed by atoms with Crippen LogP contribution in [0.3, 0.4) is 0 Å². The number of carbonyl (C=O) groups is 1. The maximum Gasteiger partial charge on any atom is 0.288 e. The van der Waals surface area contributed by atoms with Crippen LogP contribution in [0.1, 0.15) is 10.4 Å². The number of benzene rings is 2. The Balaban J connectivity index is 1.74. The first-order chi connectivity index (χ1) is 11.6. The largest absolute Gasteiger partial charge is 0.497 e. The number of carbonyl (C=O) groups excluding carboxylic acids is 1. The van der Waals surface area contributed by atoms with Gasteiger partial charge in [0, 0.05) is 10.5 Å². The lowest BCUT2D eigenvalue weighted by Crippen LogP contribution is -2.28. The fourth-order valence-corrected chi connectivity index (χ4v) is 2.39. The molecule has 0 aliphatic heterocycles. The summed E-state index contributed by atoms with van der Waals surface area (Å²) in [6.07, 6.45) is 0. The van der Waals surface area contributed by atoms with Gasteiger partial charge in [-0.25, -0.2) is 0 Å². The van der Waals surface area contributed by atoms with Gasteiger partial charge in [0.2, 0.25) is 0 Å². The molecule has 2 aromatic rings. The molecule has 0 saturated heterocycles. The first-order valence-electron chi connectivity index (χ1n) is 7.18. The Labute approximate surface area is 143 Å². The lowest BCUT2D eigenvalue weighted by molar-refractivity contribution is 0.0947. The van der Waals surface area contributed by atoms with E-state index in [9.17, 15) is 13.6 Å². The summed E-state index contributed by atoms with van der Waals surface area (Å²) in [5.74, 6) is -1.33. The molecule has 1 N–H and O–H groups in total. The Bertz CT molecular complexity index is 648.